The van der Waals surface area contributed by atoms with Gasteiger partial charge >= 0.3 is 0 Å². The molecule has 0 fully saturated rings. The predicted octanol–water partition coefficient (Wildman–Crippen LogP) is 6.31. The van der Waals surface area contributed by atoms with Gasteiger partial charge < -0.3 is 0 Å². The van der Waals surface area contributed by atoms with Gasteiger partial charge in [-0.3, -0.25) is 0 Å². The van der Waals surface area contributed by atoms with Gasteiger partial charge in [-0.15, -0.1) is 0 Å². The molecule has 3 heteroatoms. The van der Waals surface area contributed by atoms with Gasteiger partial charge in [0.25, 0.3) is 0 Å². The van der Waals surface area contributed by atoms with Crippen molar-refractivity contribution in [2.45, 2.75) is 18.7 Å². The summed E-state index contributed by atoms with van der Waals surface area (Å²) < 4.78 is 2.21. The van der Waals surface area contributed by atoms with Crippen LogP contribution < -0.4 is 0 Å². The van der Waals surface area contributed by atoms with Crippen LogP contribution in [0.1, 0.15) is 27.1 Å². The van der Waals surface area contributed by atoms with E-state index in [0.29, 0.717) is 0 Å². The van der Waals surface area contributed by atoms with E-state index in [1.807, 2.05) is 6.07 Å². The average Bonchev–Trinajstić information content (AvgIpc) is 2.32. The van der Waals surface area contributed by atoms with Crippen molar-refractivity contribution in [3.05, 3.63) is 67.6 Å². The Bertz CT molecular complexity index is 556. The minimum absolute atomic E-state index is 0.200. The highest BCUT2D eigenvalue weighted by molar-refractivity contribution is 9.11. The van der Waals surface area contributed by atoms with Crippen LogP contribution in [0.5, 0.6) is 0 Å². The molecule has 0 aliphatic heterocycles. The van der Waals surface area contributed by atoms with E-state index >= 15 is 0 Å². The maximum absolute atomic E-state index is 3.83. The Hall–Kier alpha value is -0.120. The molecule has 18 heavy (non-hydrogen) atoms. The number of hydrogen-bond acceptors (Lipinski definition) is 0. The van der Waals surface area contributed by atoms with Gasteiger partial charge in [0, 0.05) is 8.95 Å². The molecule has 2 aromatic rings. The molecule has 0 saturated carbocycles. The fourth-order valence-electron chi connectivity index (χ4n) is 2.09. The summed E-state index contributed by atoms with van der Waals surface area (Å²) in [6, 6.07) is 12.7. The van der Waals surface area contributed by atoms with Crippen molar-refractivity contribution in [2.24, 2.45) is 0 Å². The van der Waals surface area contributed by atoms with Gasteiger partial charge in [-0.1, -0.05) is 66.0 Å². The highest BCUT2D eigenvalue weighted by Crippen LogP contribution is 2.39. The Labute approximate surface area is 133 Å². The van der Waals surface area contributed by atoms with Crippen LogP contribution in [0.15, 0.2) is 45.3 Å². The first-order valence-electron chi connectivity index (χ1n) is 5.66. The standard InChI is InChI=1S/C15H13Br3/c1-9-4-3-5-10(2)14(9)15(18)12-8-11(16)6-7-13(12)17/h3-8,15H,1-2H3. The Kier molecular flexibility index (Phi) is 4.68. The van der Waals surface area contributed by atoms with Crippen molar-refractivity contribution in [1.82, 2.24) is 0 Å². The minimum atomic E-state index is 0.200. The van der Waals surface area contributed by atoms with E-state index in [-0.39, 0.29) is 4.83 Å². The summed E-state index contributed by atoms with van der Waals surface area (Å²) in [5, 5.41) is 0. The number of benzene rings is 2. The van der Waals surface area contributed by atoms with E-state index in [1.54, 1.807) is 0 Å². The third kappa shape index (κ3) is 2.89. The molecule has 0 amide bonds. The molecule has 0 N–H and O–H groups in total. The predicted molar refractivity (Wildman–Crippen MR) is 88.5 cm³/mol. The third-order valence-corrected chi connectivity index (χ3v) is 5.19. The Balaban J connectivity index is 2.54. The van der Waals surface area contributed by atoms with Crippen molar-refractivity contribution in [2.75, 3.05) is 0 Å². The van der Waals surface area contributed by atoms with Crippen LogP contribution in [-0.4, -0.2) is 0 Å². The van der Waals surface area contributed by atoms with Crippen molar-refractivity contribution >= 4 is 47.8 Å². The molecule has 0 aromatic heterocycles. The Morgan fingerprint density at radius 1 is 0.944 bits per heavy atom. The second kappa shape index (κ2) is 5.89. The lowest BCUT2D eigenvalue weighted by atomic mass is 9.96. The van der Waals surface area contributed by atoms with Gasteiger partial charge in [-0.25, -0.2) is 0 Å². The van der Waals surface area contributed by atoms with Gasteiger partial charge in [0.05, 0.1) is 4.83 Å². The van der Waals surface area contributed by atoms with Crippen LogP contribution in [0.2, 0.25) is 0 Å². The van der Waals surface area contributed by atoms with Gasteiger partial charge in [0.1, 0.15) is 0 Å². The lowest BCUT2D eigenvalue weighted by Gasteiger charge is -2.18. The molecule has 2 rings (SSSR count). The van der Waals surface area contributed by atoms with E-state index in [0.717, 1.165) is 8.95 Å². The minimum Gasteiger partial charge on any atom is -0.0786 e. The van der Waals surface area contributed by atoms with Crippen molar-refractivity contribution < 1.29 is 0 Å². The van der Waals surface area contributed by atoms with Gasteiger partial charge in [-0.05, 0) is 54.3 Å². The number of aryl methyl sites for hydroxylation is 2. The fraction of sp³-hybridized carbons (Fsp3) is 0.200. The second-order valence-electron chi connectivity index (χ2n) is 4.33. The lowest BCUT2D eigenvalue weighted by molar-refractivity contribution is 1.10. The summed E-state index contributed by atoms with van der Waals surface area (Å²) in [7, 11) is 0. The molecule has 0 saturated heterocycles. The normalized spacial score (nSPS) is 12.5. The zero-order valence-electron chi connectivity index (χ0n) is 10.2. The van der Waals surface area contributed by atoms with Gasteiger partial charge in [0.15, 0.2) is 0 Å². The molecule has 0 aliphatic carbocycles. The summed E-state index contributed by atoms with van der Waals surface area (Å²) in [5.74, 6) is 0. The van der Waals surface area contributed by atoms with Gasteiger partial charge in [0.2, 0.25) is 0 Å². The first-order chi connectivity index (χ1) is 8.50. The highest BCUT2D eigenvalue weighted by Gasteiger charge is 2.17. The maximum Gasteiger partial charge on any atom is 0.0661 e. The SMILES string of the molecule is Cc1cccc(C)c1C(Br)c1cc(Br)ccc1Br. The summed E-state index contributed by atoms with van der Waals surface area (Å²) in [4.78, 5) is 0.200. The lowest BCUT2D eigenvalue weighted by Crippen LogP contribution is -2.00. The molecule has 0 aliphatic rings. The number of halogens is 3. The molecule has 0 spiro atoms. The average molecular weight is 433 g/mol. The topological polar surface area (TPSA) is 0 Å². The van der Waals surface area contributed by atoms with E-state index in [9.17, 15) is 0 Å². The van der Waals surface area contributed by atoms with Crippen LogP contribution in [-0.2, 0) is 0 Å². The van der Waals surface area contributed by atoms with Gasteiger partial charge in [-0.2, -0.15) is 0 Å². The Morgan fingerprint density at radius 3 is 2.17 bits per heavy atom. The fourth-order valence-corrected chi connectivity index (χ4v) is 4.35. The number of alkyl halides is 1. The van der Waals surface area contributed by atoms with E-state index in [1.165, 1.54) is 22.3 Å². The zero-order valence-corrected chi connectivity index (χ0v) is 14.9. The summed E-state index contributed by atoms with van der Waals surface area (Å²) >= 11 is 11.0. The molecular weight excluding hydrogens is 420 g/mol. The van der Waals surface area contributed by atoms with Crippen molar-refractivity contribution in [3.8, 4) is 0 Å². The molecule has 2 aromatic carbocycles. The van der Waals surface area contributed by atoms with Crippen molar-refractivity contribution in [3.63, 3.8) is 0 Å². The largest absolute Gasteiger partial charge is 0.0786 e. The molecule has 0 bridgehead atoms. The molecule has 1 atom stereocenters. The van der Waals surface area contributed by atoms with Crippen LogP contribution in [0.25, 0.3) is 0 Å². The number of hydrogen-bond donors (Lipinski definition) is 0. The van der Waals surface area contributed by atoms with E-state index in [2.05, 4.69) is 92.0 Å². The molecular formula is C15H13Br3. The van der Waals surface area contributed by atoms with Crippen LogP contribution >= 0.6 is 47.8 Å². The molecule has 0 heterocycles. The monoisotopic (exact) mass is 430 g/mol. The van der Waals surface area contributed by atoms with Crippen LogP contribution in [0, 0.1) is 13.8 Å². The second-order valence-corrected chi connectivity index (χ2v) is 7.02. The highest BCUT2D eigenvalue weighted by atomic mass is 79.9. The van der Waals surface area contributed by atoms with E-state index in [4.69, 9.17) is 0 Å². The quantitative estimate of drug-likeness (QED) is 0.487. The van der Waals surface area contributed by atoms with Crippen molar-refractivity contribution in [1.29, 1.82) is 0 Å². The van der Waals surface area contributed by atoms with E-state index < -0.39 is 0 Å². The summed E-state index contributed by atoms with van der Waals surface area (Å²) in [5.41, 5.74) is 5.20. The maximum atomic E-state index is 3.83. The molecule has 1 unspecified atom stereocenters. The third-order valence-electron chi connectivity index (χ3n) is 3.03. The smallest absolute Gasteiger partial charge is 0.0661 e. The first-order valence-corrected chi connectivity index (χ1v) is 8.16. The molecule has 0 nitrogen and oxygen atoms in total. The molecule has 0 radical (unpaired) electrons. The summed E-state index contributed by atoms with van der Waals surface area (Å²) in [6.07, 6.45) is 0. The van der Waals surface area contributed by atoms with Crippen LogP contribution in [0.4, 0.5) is 0 Å². The zero-order chi connectivity index (χ0) is 13.3. The molecule has 94 valence electrons. The van der Waals surface area contributed by atoms with Crippen LogP contribution in [0.3, 0.4) is 0 Å². The first kappa shape index (κ1) is 14.3. The summed E-state index contributed by atoms with van der Waals surface area (Å²) in [6.45, 7) is 4.31. The Morgan fingerprint density at radius 2 is 1.56 bits per heavy atom. The number of rotatable bonds is 2.